The third-order valence-corrected chi connectivity index (χ3v) is 8.19. The van der Waals surface area contributed by atoms with Gasteiger partial charge in [0.15, 0.2) is 0 Å². The summed E-state index contributed by atoms with van der Waals surface area (Å²) in [5.41, 5.74) is 10.1. The second-order valence-electron chi connectivity index (χ2n) is 11.7. The van der Waals surface area contributed by atoms with Crippen molar-refractivity contribution < 1.29 is 39.3 Å². The molecule has 0 bridgehead atoms. The number of amides is 3. The van der Waals surface area contributed by atoms with Crippen LogP contribution >= 0.6 is 0 Å². The Bertz CT molecular complexity index is 1980. The van der Waals surface area contributed by atoms with Gasteiger partial charge in [-0.2, -0.15) is 0 Å². The van der Waals surface area contributed by atoms with Crippen molar-refractivity contribution in [3.8, 4) is 5.75 Å². The molecule has 0 saturated carbocycles. The molecule has 5 rings (SSSR count). The lowest BCUT2D eigenvalue weighted by atomic mass is 10.0. The predicted molar refractivity (Wildman–Crippen MR) is 179 cm³/mol. The van der Waals surface area contributed by atoms with Crippen molar-refractivity contribution in [2.45, 2.75) is 49.9 Å². The van der Waals surface area contributed by atoms with Crippen molar-refractivity contribution in [1.82, 2.24) is 25.9 Å². The average Bonchev–Trinajstić information content (AvgIpc) is 3.68. The van der Waals surface area contributed by atoms with Gasteiger partial charge in [0.25, 0.3) is 0 Å². The summed E-state index contributed by atoms with van der Waals surface area (Å²) in [5, 5.41) is 37.7. The lowest BCUT2D eigenvalue weighted by Crippen LogP contribution is -2.58. The molecule has 0 aliphatic carbocycles. The highest BCUT2D eigenvalue weighted by Gasteiger charge is 2.32. The molecule has 2 heterocycles. The minimum absolute atomic E-state index is 0.00566. The molecule has 14 nitrogen and oxygen atoms in total. The van der Waals surface area contributed by atoms with Crippen LogP contribution in [-0.2, 0) is 43.2 Å². The summed E-state index contributed by atoms with van der Waals surface area (Å²) in [6.45, 7) is 0. The number of para-hydroxylation sites is 2. The molecule has 0 aliphatic rings. The number of phenolic OH excluding ortho intramolecular Hbond substituents is 1. The minimum Gasteiger partial charge on any atom is -0.508 e. The van der Waals surface area contributed by atoms with E-state index in [4.69, 9.17) is 10.8 Å². The Morgan fingerprint density at radius 2 is 1.12 bits per heavy atom. The number of fused-ring (bicyclic) bond motifs is 2. The lowest BCUT2D eigenvalue weighted by molar-refractivity contribution is -0.147. The Morgan fingerprint density at radius 1 is 0.633 bits per heavy atom. The molecule has 2 aromatic heterocycles. The maximum Gasteiger partial charge on any atom is 0.326 e. The van der Waals surface area contributed by atoms with E-state index in [1.54, 1.807) is 12.4 Å². The van der Waals surface area contributed by atoms with Gasteiger partial charge in [0.05, 0.1) is 12.5 Å². The SMILES string of the molecule is NC(Cc1c[nH]c2ccccc12)C(=O)NC(Cc1c[nH]c2ccccc12)C(=O)NC(Cc1ccc(O)cc1)C(=O)NC(CC(=O)O)C(=O)O. The number of carbonyl (C=O) groups is 5. The normalized spacial score (nSPS) is 13.7. The lowest BCUT2D eigenvalue weighted by Gasteiger charge is -2.25. The largest absolute Gasteiger partial charge is 0.508 e. The Morgan fingerprint density at radius 3 is 1.67 bits per heavy atom. The zero-order valence-electron chi connectivity index (χ0n) is 26.2. The van der Waals surface area contributed by atoms with E-state index in [9.17, 15) is 34.2 Å². The van der Waals surface area contributed by atoms with Crippen LogP contribution in [0.15, 0.2) is 85.2 Å². The zero-order chi connectivity index (χ0) is 35.1. The van der Waals surface area contributed by atoms with Gasteiger partial charge in [0.2, 0.25) is 17.7 Å². The van der Waals surface area contributed by atoms with Crippen molar-refractivity contribution in [3.05, 3.63) is 102 Å². The molecule has 10 N–H and O–H groups in total. The van der Waals surface area contributed by atoms with Crippen LogP contribution in [0, 0.1) is 0 Å². The van der Waals surface area contributed by atoms with E-state index < -0.39 is 60.2 Å². The van der Waals surface area contributed by atoms with Crippen molar-refractivity contribution >= 4 is 51.5 Å². The molecule has 5 aromatic rings. The van der Waals surface area contributed by atoms with Gasteiger partial charge >= 0.3 is 11.9 Å². The number of nitrogens with two attached hydrogens (primary N) is 1. The maximum absolute atomic E-state index is 14.0. The number of benzene rings is 3. The van der Waals surface area contributed by atoms with E-state index in [-0.39, 0.29) is 25.0 Å². The topological polar surface area (TPSA) is 240 Å². The monoisotopic (exact) mass is 668 g/mol. The van der Waals surface area contributed by atoms with E-state index >= 15 is 0 Å². The molecule has 0 spiro atoms. The molecule has 3 aromatic carbocycles. The summed E-state index contributed by atoms with van der Waals surface area (Å²) in [6.07, 6.45) is 2.62. The van der Waals surface area contributed by atoms with Gasteiger partial charge < -0.3 is 47.0 Å². The van der Waals surface area contributed by atoms with Crippen molar-refractivity contribution in [2.24, 2.45) is 5.73 Å². The predicted octanol–water partition coefficient (Wildman–Crippen LogP) is 1.72. The summed E-state index contributed by atoms with van der Waals surface area (Å²) in [4.78, 5) is 70.2. The first kappa shape index (κ1) is 34.2. The number of aromatic nitrogens is 2. The van der Waals surface area contributed by atoms with Crippen LogP contribution in [0.25, 0.3) is 21.8 Å². The number of rotatable bonds is 15. The Kier molecular flexibility index (Phi) is 10.6. The van der Waals surface area contributed by atoms with E-state index in [0.717, 1.165) is 27.4 Å². The molecule has 0 fully saturated rings. The molecule has 254 valence electrons. The fourth-order valence-electron chi connectivity index (χ4n) is 5.63. The number of hydrogen-bond donors (Lipinski definition) is 9. The van der Waals surface area contributed by atoms with E-state index in [1.807, 2.05) is 48.5 Å². The quantitative estimate of drug-likeness (QED) is 0.0788. The molecule has 0 radical (unpaired) electrons. The first-order valence-corrected chi connectivity index (χ1v) is 15.5. The number of phenols is 1. The van der Waals surface area contributed by atoms with Crippen LogP contribution in [0.1, 0.15) is 23.1 Å². The van der Waals surface area contributed by atoms with Crippen molar-refractivity contribution in [2.75, 3.05) is 0 Å². The highest BCUT2D eigenvalue weighted by molar-refractivity contribution is 5.96. The minimum atomic E-state index is -1.77. The van der Waals surface area contributed by atoms with E-state index in [1.165, 1.54) is 24.3 Å². The van der Waals surface area contributed by atoms with Gasteiger partial charge in [-0.3, -0.25) is 19.2 Å². The van der Waals surface area contributed by atoms with Gasteiger partial charge in [-0.25, -0.2) is 4.79 Å². The van der Waals surface area contributed by atoms with Gasteiger partial charge in [0.1, 0.15) is 23.9 Å². The van der Waals surface area contributed by atoms with Crippen LogP contribution in [0.5, 0.6) is 5.75 Å². The fraction of sp³-hybridized carbons (Fsp3) is 0.229. The average molecular weight is 669 g/mol. The number of carboxylic acids is 2. The molecule has 4 atom stereocenters. The Balaban J connectivity index is 1.40. The summed E-state index contributed by atoms with van der Waals surface area (Å²) in [7, 11) is 0. The van der Waals surface area contributed by atoms with E-state index in [2.05, 4.69) is 25.9 Å². The Labute approximate surface area is 279 Å². The summed E-state index contributed by atoms with van der Waals surface area (Å²) >= 11 is 0. The number of carbonyl (C=O) groups excluding carboxylic acids is 3. The van der Waals surface area contributed by atoms with E-state index in [0.29, 0.717) is 11.1 Å². The van der Waals surface area contributed by atoms with Gasteiger partial charge in [-0.1, -0.05) is 48.5 Å². The summed E-state index contributed by atoms with van der Waals surface area (Å²) in [5.74, 6) is -5.38. The van der Waals surface area contributed by atoms with Crippen LogP contribution in [0.4, 0.5) is 0 Å². The third kappa shape index (κ3) is 8.61. The number of carboxylic acid groups (broad SMARTS) is 2. The highest BCUT2D eigenvalue weighted by atomic mass is 16.4. The fourth-order valence-corrected chi connectivity index (χ4v) is 5.63. The third-order valence-electron chi connectivity index (χ3n) is 8.19. The van der Waals surface area contributed by atoms with Gasteiger partial charge in [-0.15, -0.1) is 0 Å². The van der Waals surface area contributed by atoms with Crippen LogP contribution < -0.4 is 21.7 Å². The first-order valence-electron chi connectivity index (χ1n) is 15.5. The summed E-state index contributed by atoms with van der Waals surface area (Å²) < 4.78 is 0. The first-order chi connectivity index (χ1) is 23.5. The maximum atomic E-state index is 14.0. The number of aliphatic carboxylic acids is 2. The molecular formula is C35H36N6O8. The second-order valence-corrected chi connectivity index (χ2v) is 11.7. The van der Waals surface area contributed by atoms with Gasteiger partial charge in [-0.05, 0) is 47.4 Å². The van der Waals surface area contributed by atoms with Crippen LogP contribution in [0.2, 0.25) is 0 Å². The highest BCUT2D eigenvalue weighted by Crippen LogP contribution is 2.21. The van der Waals surface area contributed by atoms with Crippen molar-refractivity contribution in [3.63, 3.8) is 0 Å². The molecule has 0 aliphatic heterocycles. The standard InChI is InChI=1S/C35H36N6O8/c36-25(14-20-17-37-26-7-3-1-5-23(20)26)32(45)39-29(15-21-18-38-27-8-4-2-6-24(21)27)34(47)40-28(13-19-9-11-22(42)12-10-19)33(46)41-30(35(48)49)16-31(43)44/h1-12,17-18,25,28-30,37-38,42H,13-16,36H2,(H,39,45)(H,40,47)(H,41,46)(H,43,44)(H,48,49). The number of nitrogens with one attached hydrogen (secondary N) is 5. The molecule has 0 saturated heterocycles. The molecule has 14 heteroatoms. The number of aromatic amines is 2. The van der Waals surface area contributed by atoms with Crippen LogP contribution in [0.3, 0.4) is 0 Å². The number of H-pyrrole nitrogens is 2. The zero-order valence-corrected chi connectivity index (χ0v) is 26.2. The molecule has 49 heavy (non-hydrogen) atoms. The van der Waals surface area contributed by atoms with Crippen LogP contribution in [-0.4, -0.2) is 79.1 Å². The number of hydrogen-bond acceptors (Lipinski definition) is 7. The summed E-state index contributed by atoms with van der Waals surface area (Å²) in [6, 6.07) is 15.3. The molecule has 4 unspecified atom stereocenters. The Hall–Kier alpha value is -6.15. The molecular weight excluding hydrogens is 632 g/mol. The van der Waals surface area contributed by atoms with Crippen molar-refractivity contribution in [1.29, 1.82) is 0 Å². The number of aromatic hydroxyl groups is 1. The van der Waals surface area contributed by atoms with Gasteiger partial charge in [0, 0.05) is 47.0 Å². The smallest absolute Gasteiger partial charge is 0.326 e. The second kappa shape index (κ2) is 15.2. The molecule has 3 amide bonds.